The van der Waals surface area contributed by atoms with Gasteiger partial charge in [-0.05, 0) is 33.0 Å². The Morgan fingerprint density at radius 2 is 2.23 bits per heavy atom. The number of rotatable bonds is 5. The number of carbonyl (C=O) groups is 1. The Bertz CT molecular complexity index is 150. The minimum atomic E-state index is 0.154. The minimum absolute atomic E-state index is 0.154. The van der Waals surface area contributed by atoms with Crippen LogP contribution in [0.15, 0.2) is 0 Å². The highest BCUT2D eigenvalue weighted by atomic mass is 16.5. The summed E-state index contributed by atoms with van der Waals surface area (Å²) in [5.41, 5.74) is 0.154. The Morgan fingerprint density at radius 3 is 2.77 bits per heavy atom. The van der Waals surface area contributed by atoms with E-state index in [0.717, 1.165) is 32.5 Å². The molecule has 0 aromatic rings. The first-order valence-electron chi connectivity index (χ1n) is 4.73. The monoisotopic (exact) mass is 186 g/mol. The maximum absolute atomic E-state index is 10.1. The van der Waals surface area contributed by atoms with Crippen molar-refractivity contribution >= 4 is 6.47 Å². The van der Waals surface area contributed by atoms with Crippen LogP contribution in [-0.4, -0.2) is 39.8 Å². The molecule has 13 heavy (non-hydrogen) atoms. The van der Waals surface area contributed by atoms with Crippen LogP contribution in [0, 0.1) is 5.41 Å². The second kappa shape index (κ2) is 5.19. The van der Waals surface area contributed by atoms with Crippen LogP contribution in [-0.2, 0) is 9.53 Å². The highest BCUT2D eigenvalue weighted by molar-refractivity contribution is 5.37. The third-order valence-electron chi connectivity index (χ3n) is 2.67. The lowest BCUT2D eigenvalue weighted by molar-refractivity contribution is -0.132. The molecule has 1 heterocycles. The molecule has 0 radical (unpaired) electrons. The lowest BCUT2D eigenvalue weighted by atomic mass is 9.79. The number of carbonyl (C=O) groups excluding carboxylic acids is 1. The van der Waals surface area contributed by atoms with Crippen molar-refractivity contribution in [2.24, 2.45) is 5.41 Å². The topological polar surface area (TPSA) is 50.4 Å². The lowest BCUT2D eigenvalue weighted by Gasteiger charge is -2.36. The fourth-order valence-corrected chi connectivity index (χ4v) is 1.92. The molecule has 1 aliphatic heterocycles. The van der Waals surface area contributed by atoms with E-state index >= 15 is 0 Å². The molecule has 0 aromatic heterocycles. The van der Waals surface area contributed by atoms with E-state index in [9.17, 15) is 4.79 Å². The molecule has 0 spiro atoms. The standard InChI is InChI=1S/C9H18N2O2/c1-10-6-9(7-13-8-12)2-4-11-5-3-9/h8,10-11H,2-7H2,1H3. The first kappa shape index (κ1) is 10.5. The third-order valence-corrected chi connectivity index (χ3v) is 2.67. The van der Waals surface area contributed by atoms with Gasteiger partial charge in [0, 0.05) is 12.0 Å². The predicted octanol–water partition coefficient (Wildman–Crippen LogP) is -0.251. The maximum atomic E-state index is 10.1. The molecule has 1 aliphatic rings. The highest BCUT2D eigenvalue weighted by Gasteiger charge is 2.31. The van der Waals surface area contributed by atoms with Crippen LogP contribution in [0.4, 0.5) is 0 Å². The molecule has 0 aromatic carbocycles. The van der Waals surface area contributed by atoms with Crippen molar-refractivity contribution < 1.29 is 9.53 Å². The minimum Gasteiger partial charge on any atom is -0.467 e. The van der Waals surface area contributed by atoms with Gasteiger partial charge in [0.15, 0.2) is 0 Å². The molecule has 0 atom stereocenters. The van der Waals surface area contributed by atoms with Crippen LogP contribution in [0.3, 0.4) is 0 Å². The zero-order valence-electron chi connectivity index (χ0n) is 8.14. The molecular weight excluding hydrogens is 168 g/mol. The van der Waals surface area contributed by atoms with Gasteiger partial charge in [0.05, 0.1) is 6.61 Å². The van der Waals surface area contributed by atoms with Crippen molar-refractivity contribution in [2.45, 2.75) is 12.8 Å². The first-order chi connectivity index (χ1) is 6.33. The average molecular weight is 186 g/mol. The number of piperidine rings is 1. The van der Waals surface area contributed by atoms with Gasteiger partial charge in [-0.15, -0.1) is 0 Å². The van der Waals surface area contributed by atoms with E-state index in [1.165, 1.54) is 0 Å². The first-order valence-corrected chi connectivity index (χ1v) is 4.73. The van der Waals surface area contributed by atoms with Crippen molar-refractivity contribution in [3.05, 3.63) is 0 Å². The van der Waals surface area contributed by atoms with Crippen LogP contribution in [0.25, 0.3) is 0 Å². The maximum Gasteiger partial charge on any atom is 0.293 e. The van der Waals surface area contributed by atoms with Crippen molar-refractivity contribution in [3.63, 3.8) is 0 Å². The number of hydrogen-bond acceptors (Lipinski definition) is 4. The summed E-state index contributed by atoms with van der Waals surface area (Å²) >= 11 is 0. The fraction of sp³-hybridized carbons (Fsp3) is 0.889. The van der Waals surface area contributed by atoms with Gasteiger partial charge in [0.25, 0.3) is 6.47 Å². The second-order valence-corrected chi connectivity index (χ2v) is 3.69. The molecular formula is C9H18N2O2. The Labute approximate surface area is 79.0 Å². The van der Waals surface area contributed by atoms with E-state index in [1.807, 2.05) is 7.05 Å². The Hall–Kier alpha value is -0.610. The smallest absolute Gasteiger partial charge is 0.293 e. The highest BCUT2D eigenvalue weighted by Crippen LogP contribution is 2.27. The molecule has 0 saturated carbocycles. The Morgan fingerprint density at radius 1 is 1.54 bits per heavy atom. The van der Waals surface area contributed by atoms with Crippen LogP contribution < -0.4 is 10.6 Å². The van der Waals surface area contributed by atoms with Crippen molar-refractivity contribution in [3.8, 4) is 0 Å². The van der Waals surface area contributed by atoms with Gasteiger partial charge < -0.3 is 15.4 Å². The Balaban J connectivity index is 2.44. The van der Waals surface area contributed by atoms with Crippen molar-refractivity contribution in [2.75, 3.05) is 33.3 Å². The van der Waals surface area contributed by atoms with Crippen LogP contribution in [0.5, 0.6) is 0 Å². The zero-order valence-corrected chi connectivity index (χ0v) is 8.14. The molecule has 0 unspecified atom stereocenters. The van der Waals surface area contributed by atoms with Gasteiger partial charge in [-0.1, -0.05) is 0 Å². The molecule has 0 bridgehead atoms. The van der Waals surface area contributed by atoms with Gasteiger partial charge in [0.2, 0.25) is 0 Å². The summed E-state index contributed by atoms with van der Waals surface area (Å²) in [6.07, 6.45) is 2.14. The molecule has 0 amide bonds. The van der Waals surface area contributed by atoms with E-state index in [0.29, 0.717) is 13.1 Å². The van der Waals surface area contributed by atoms with Gasteiger partial charge in [-0.3, -0.25) is 4.79 Å². The molecule has 1 fully saturated rings. The average Bonchev–Trinajstić information content (AvgIpc) is 2.17. The van der Waals surface area contributed by atoms with Crippen molar-refractivity contribution in [1.29, 1.82) is 0 Å². The summed E-state index contributed by atoms with van der Waals surface area (Å²) in [6, 6.07) is 0. The number of nitrogens with one attached hydrogen (secondary N) is 2. The van der Waals surface area contributed by atoms with Crippen molar-refractivity contribution in [1.82, 2.24) is 10.6 Å². The van der Waals surface area contributed by atoms with Gasteiger partial charge in [0.1, 0.15) is 0 Å². The lowest BCUT2D eigenvalue weighted by Crippen LogP contribution is -2.45. The number of ether oxygens (including phenoxy) is 1. The fourth-order valence-electron chi connectivity index (χ4n) is 1.92. The van der Waals surface area contributed by atoms with Crippen LogP contribution >= 0.6 is 0 Å². The van der Waals surface area contributed by atoms with Crippen LogP contribution in [0.2, 0.25) is 0 Å². The molecule has 76 valence electrons. The van der Waals surface area contributed by atoms with Gasteiger partial charge >= 0.3 is 0 Å². The quantitative estimate of drug-likeness (QED) is 0.581. The number of hydrogen-bond donors (Lipinski definition) is 2. The summed E-state index contributed by atoms with van der Waals surface area (Å²) in [5, 5.41) is 6.47. The summed E-state index contributed by atoms with van der Waals surface area (Å²) < 4.78 is 4.88. The van der Waals surface area contributed by atoms with E-state index < -0.39 is 0 Å². The molecule has 2 N–H and O–H groups in total. The summed E-state index contributed by atoms with van der Waals surface area (Å²) in [4.78, 5) is 10.1. The second-order valence-electron chi connectivity index (χ2n) is 3.69. The van der Waals surface area contributed by atoms with E-state index in [2.05, 4.69) is 10.6 Å². The molecule has 1 saturated heterocycles. The largest absolute Gasteiger partial charge is 0.467 e. The zero-order chi connectivity index (χ0) is 9.57. The van der Waals surface area contributed by atoms with Gasteiger partial charge in [-0.2, -0.15) is 0 Å². The molecule has 4 heteroatoms. The van der Waals surface area contributed by atoms with E-state index in [1.54, 1.807) is 0 Å². The van der Waals surface area contributed by atoms with E-state index in [-0.39, 0.29) is 5.41 Å². The van der Waals surface area contributed by atoms with Crippen LogP contribution in [0.1, 0.15) is 12.8 Å². The normalized spacial score (nSPS) is 21.0. The summed E-state index contributed by atoms with van der Waals surface area (Å²) in [5.74, 6) is 0. The van der Waals surface area contributed by atoms with E-state index in [4.69, 9.17) is 4.74 Å². The third kappa shape index (κ3) is 2.97. The molecule has 4 nitrogen and oxygen atoms in total. The molecule has 0 aliphatic carbocycles. The molecule has 1 rings (SSSR count). The Kier molecular flexibility index (Phi) is 4.18. The predicted molar refractivity (Wildman–Crippen MR) is 50.5 cm³/mol. The SMILES string of the molecule is CNCC1(COC=O)CCNCC1. The summed E-state index contributed by atoms with van der Waals surface area (Å²) in [7, 11) is 1.94. The summed E-state index contributed by atoms with van der Waals surface area (Å²) in [6.45, 7) is 4.04. The van der Waals surface area contributed by atoms with Gasteiger partial charge in [-0.25, -0.2) is 0 Å².